The van der Waals surface area contributed by atoms with Crippen LogP contribution in [0.25, 0.3) is 5.69 Å². The van der Waals surface area contributed by atoms with Gasteiger partial charge in [0, 0.05) is 5.69 Å². The average molecular weight is 276 g/mol. The molecule has 1 aromatic heterocycles. The molecule has 1 aromatic carbocycles. The third-order valence-corrected chi connectivity index (χ3v) is 2.85. The van der Waals surface area contributed by atoms with Crippen molar-refractivity contribution in [2.24, 2.45) is 0 Å². The minimum Gasteiger partial charge on any atom is -0.300 e. The van der Waals surface area contributed by atoms with E-state index in [0.29, 0.717) is 5.69 Å². The Morgan fingerprint density at radius 1 is 1.30 bits per heavy atom. The number of nitrogens with zero attached hydrogens (tertiary/aromatic N) is 1. The van der Waals surface area contributed by atoms with Crippen LogP contribution >= 0.6 is 0 Å². The molecule has 0 bridgehead atoms. The fourth-order valence-corrected chi connectivity index (χ4v) is 1.99. The highest BCUT2D eigenvalue weighted by molar-refractivity contribution is 6.07. The molecule has 0 aliphatic heterocycles. The Bertz CT molecular complexity index is 743. The number of rotatable bonds is 4. The molecule has 0 radical (unpaired) electrons. The number of halogens is 1. The van der Waals surface area contributed by atoms with Gasteiger partial charge in [-0.1, -0.05) is 12.1 Å². The van der Waals surface area contributed by atoms with Crippen LogP contribution in [0.4, 0.5) is 4.39 Å². The number of para-hydroxylation sites is 1. The molecule has 0 unspecified atom stereocenters. The van der Waals surface area contributed by atoms with Crippen molar-refractivity contribution in [3.8, 4) is 5.69 Å². The number of aromatic nitrogens is 2. The minimum absolute atomic E-state index is 0.0301. The van der Waals surface area contributed by atoms with Crippen molar-refractivity contribution in [1.29, 1.82) is 0 Å². The summed E-state index contributed by atoms with van der Waals surface area (Å²) in [6.07, 6.45) is -0.342. The smallest absolute Gasteiger partial charge is 0.282 e. The molecule has 0 spiro atoms. The van der Waals surface area contributed by atoms with Crippen LogP contribution in [0.15, 0.2) is 29.1 Å². The highest BCUT2D eigenvalue weighted by Gasteiger charge is 2.21. The lowest BCUT2D eigenvalue weighted by molar-refractivity contribution is -0.116. The van der Waals surface area contributed by atoms with E-state index in [1.54, 1.807) is 6.07 Å². The number of nitrogens with one attached hydrogen (secondary N) is 1. The summed E-state index contributed by atoms with van der Waals surface area (Å²) < 4.78 is 14.7. The zero-order chi connectivity index (χ0) is 14.9. The molecule has 6 heteroatoms. The Morgan fingerprint density at radius 3 is 2.55 bits per heavy atom. The van der Waals surface area contributed by atoms with E-state index in [-0.39, 0.29) is 23.5 Å². The van der Waals surface area contributed by atoms with E-state index < -0.39 is 17.2 Å². The Morgan fingerprint density at radius 2 is 1.95 bits per heavy atom. The van der Waals surface area contributed by atoms with Gasteiger partial charge in [0.2, 0.25) is 0 Å². The van der Waals surface area contributed by atoms with E-state index in [1.165, 1.54) is 32.0 Å². The van der Waals surface area contributed by atoms with E-state index in [4.69, 9.17) is 0 Å². The standard InChI is InChI=1S/C14H13FN2O3/c1-8(18)7-12(19)13-9(2)16-17(14(13)20)11-6-4-3-5-10(11)15/h3-6,16H,7H2,1-2H3. The number of aromatic amines is 1. The lowest BCUT2D eigenvalue weighted by atomic mass is 10.1. The molecule has 20 heavy (non-hydrogen) atoms. The molecule has 0 saturated carbocycles. The Hall–Kier alpha value is -2.50. The SMILES string of the molecule is CC(=O)CC(=O)c1c(C)[nH]n(-c2ccccc2F)c1=O. The molecule has 0 aliphatic rings. The maximum absolute atomic E-state index is 13.7. The van der Waals surface area contributed by atoms with Crippen LogP contribution in [0.3, 0.4) is 0 Å². The first-order chi connectivity index (χ1) is 9.41. The van der Waals surface area contributed by atoms with Crippen molar-refractivity contribution < 1.29 is 14.0 Å². The third-order valence-electron chi connectivity index (χ3n) is 2.85. The molecule has 0 saturated heterocycles. The van der Waals surface area contributed by atoms with Gasteiger partial charge in [-0.15, -0.1) is 0 Å². The molecule has 104 valence electrons. The fraction of sp³-hybridized carbons (Fsp3) is 0.214. The topological polar surface area (TPSA) is 71.9 Å². The Balaban J connectivity index is 2.55. The molecule has 0 amide bonds. The van der Waals surface area contributed by atoms with Crippen LogP contribution < -0.4 is 5.56 Å². The highest BCUT2D eigenvalue weighted by Crippen LogP contribution is 2.12. The molecule has 2 aromatic rings. The number of H-pyrrole nitrogens is 1. The number of aryl methyl sites for hydroxylation is 1. The van der Waals surface area contributed by atoms with Gasteiger partial charge in [0.25, 0.3) is 5.56 Å². The van der Waals surface area contributed by atoms with Crippen LogP contribution in [0.1, 0.15) is 29.4 Å². The van der Waals surface area contributed by atoms with Gasteiger partial charge >= 0.3 is 0 Å². The highest BCUT2D eigenvalue weighted by atomic mass is 19.1. The van der Waals surface area contributed by atoms with Crippen molar-refractivity contribution in [2.45, 2.75) is 20.3 Å². The van der Waals surface area contributed by atoms with Gasteiger partial charge in [-0.05, 0) is 26.0 Å². The summed E-state index contributed by atoms with van der Waals surface area (Å²) >= 11 is 0. The number of hydrogen-bond acceptors (Lipinski definition) is 3. The predicted molar refractivity (Wildman–Crippen MR) is 70.7 cm³/mol. The second kappa shape index (κ2) is 5.24. The van der Waals surface area contributed by atoms with Crippen LogP contribution in [-0.2, 0) is 4.79 Å². The Labute approximate surface area is 114 Å². The molecule has 1 N–H and O–H groups in total. The maximum Gasteiger partial charge on any atom is 0.282 e. The summed E-state index contributed by atoms with van der Waals surface area (Å²) in [4.78, 5) is 35.1. The summed E-state index contributed by atoms with van der Waals surface area (Å²) in [5.74, 6) is -1.47. The molecule has 0 atom stereocenters. The molecule has 1 heterocycles. The molecule has 0 aliphatic carbocycles. The molecule has 2 rings (SSSR count). The summed E-state index contributed by atoms with van der Waals surface area (Å²) in [7, 11) is 0. The van der Waals surface area contributed by atoms with Gasteiger partial charge < -0.3 is 0 Å². The largest absolute Gasteiger partial charge is 0.300 e. The zero-order valence-electron chi connectivity index (χ0n) is 11.1. The Kier molecular flexibility index (Phi) is 3.65. The first-order valence-electron chi connectivity index (χ1n) is 6.01. The summed E-state index contributed by atoms with van der Waals surface area (Å²) in [5, 5.41) is 2.66. The normalized spacial score (nSPS) is 10.6. The van der Waals surface area contributed by atoms with Crippen molar-refractivity contribution >= 4 is 11.6 Å². The van der Waals surface area contributed by atoms with Gasteiger partial charge in [0.15, 0.2) is 5.78 Å². The first-order valence-corrected chi connectivity index (χ1v) is 6.01. The van der Waals surface area contributed by atoms with Crippen LogP contribution in [0.2, 0.25) is 0 Å². The number of carbonyl (C=O) groups excluding carboxylic acids is 2. The van der Waals surface area contributed by atoms with Gasteiger partial charge in [-0.3, -0.25) is 19.5 Å². The van der Waals surface area contributed by atoms with Crippen molar-refractivity contribution in [2.75, 3.05) is 0 Å². The first kappa shape index (κ1) is 13.9. The molecular formula is C14H13FN2O3. The number of Topliss-reactive ketones (excluding diaryl/α,β-unsaturated/α-hetero) is 2. The molecule has 0 fully saturated rings. The number of carbonyl (C=O) groups is 2. The van der Waals surface area contributed by atoms with E-state index in [0.717, 1.165) is 4.68 Å². The molecule has 5 nitrogen and oxygen atoms in total. The van der Waals surface area contributed by atoms with Crippen molar-refractivity contribution in [3.63, 3.8) is 0 Å². The predicted octanol–water partition coefficient (Wildman–Crippen LogP) is 1.77. The van der Waals surface area contributed by atoms with Gasteiger partial charge in [-0.25, -0.2) is 9.07 Å². The van der Waals surface area contributed by atoms with Gasteiger partial charge in [-0.2, -0.15) is 0 Å². The van der Waals surface area contributed by atoms with Gasteiger partial charge in [0.1, 0.15) is 22.9 Å². The van der Waals surface area contributed by atoms with Gasteiger partial charge in [0.05, 0.1) is 6.42 Å². The van der Waals surface area contributed by atoms with Crippen LogP contribution in [0, 0.1) is 12.7 Å². The van der Waals surface area contributed by atoms with E-state index in [2.05, 4.69) is 5.10 Å². The van der Waals surface area contributed by atoms with Crippen LogP contribution in [-0.4, -0.2) is 21.3 Å². The minimum atomic E-state index is -0.654. The number of ketones is 2. The third kappa shape index (κ3) is 2.45. The van der Waals surface area contributed by atoms with Crippen LogP contribution in [0.5, 0.6) is 0 Å². The summed E-state index contributed by atoms with van der Waals surface area (Å²) in [5.41, 5.74) is -0.422. The van der Waals surface area contributed by atoms with Crippen molar-refractivity contribution in [3.05, 3.63) is 51.7 Å². The fourth-order valence-electron chi connectivity index (χ4n) is 1.99. The second-order valence-electron chi connectivity index (χ2n) is 4.51. The van der Waals surface area contributed by atoms with E-state index in [1.807, 2.05) is 0 Å². The van der Waals surface area contributed by atoms with Crippen molar-refractivity contribution in [1.82, 2.24) is 9.78 Å². The summed E-state index contributed by atoms with van der Waals surface area (Å²) in [6.45, 7) is 2.81. The second-order valence-corrected chi connectivity index (χ2v) is 4.51. The average Bonchev–Trinajstić information content (AvgIpc) is 2.64. The van der Waals surface area contributed by atoms with E-state index in [9.17, 15) is 18.8 Å². The van der Waals surface area contributed by atoms with E-state index >= 15 is 0 Å². The zero-order valence-corrected chi connectivity index (χ0v) is 11.1. The number of hydrogen-bond donors (Lipinski definition) is 1. The monoisotopic (exact) mass is 276 g/mol. The lowest BCUT2D eigenvalue weighted by Gasteiger charge is -2.02. The quantitative estimate of drug-likeness (QED) is 0.683. The maximum atomic E-state index is 13.7. The molecular weight excluding hydrogens is 263 g/mol. The summed E-state index contributed by atoms with van der Waals surface area (Å²) in [6, 6.07) is 5.72. The lowest BCUT2D eigenvalue weighted by Crippen LogP contribution is -2.22. The number of benzene rings is 1.